The number of hydrogen-bond donors (Lipinski definition) is 4. The second-order valence-corrected chi connectivity index (χ2v) is 21.0. The molecule has 306 valence electrons. The van der Waals surface area contributed by atoms with Crippen molar-refractivity contribution in [3.05, 3.63) is 23.7 Å². The van der Waals surface area contributed by atoms with E-state index in [9.17, 15) is 24.6 Å². The number of carbonyl (C=O) groups is 3. The number of ketones is 1. The minimum atomic E-state index is -1.43. The van der Waals surface area contributed by atoms with Crippen LogP contribution in [0.2, 0.25) is 0 Å². The van der Waals surface area contributed by atoms with Crippen molar-refractivity contribution in [3.63, 3.8) is 0 Å². The Morgan fingerprint density at radius 1 is 0.911 bits per heavy atom. The first-order valence-corrected chi connectivity index (χ1v) is 21.9. The molecule has 16 atom stereocenters. The summed E-state index contributed by atoms with van der Waals surface area (Å²) in [5, 5.41) is 31.2. The molecule has 56 heavy (non-hydrogen) atoms. The van der Waals surface area contributed by atoms with Crippen molar-refractivity contribution in [2.45, 2.75) is 153 Å². The standard InChI is InChI=1S/C44H60N2O10/c1-39(2)32-31(48)33(49)41(4)30(43(32)20-53-38(51)42(37(43)56-39)13-5-6-14-42)11-15-40(3)34(54-36(50)35-44(40,41)55-35)25-12-16-52-29(25)18-26-24-9-7-23(27-19-45-21-46-27)17-22(24)8-10-28(26)47/h12,16,22-24,26-28,30,32-35,37,45-47,49H,5-11,13-15,17-21H2,1-4H3/t22-,23+,24+,26-,27+,28-,30+,32-,33-,34+,35-,37+,40+,41+,43-,44-/m1/s1. The number of cyclic esters (lactones) is 2. The third kappa shape index (κ3) is 4.29. The van der Waals surface area contributed by atoms with Gasteiger partial charge in [0.1, 0.15) is 30.2 Å². The van der Waals surface area contributed by atoms with Gasteiger partial charge in [0.2, 0.25) is 0 Å². The molecule has 10 aliphatic rings. The number of furan rings is 1. The lowest BCUT2D eigenvalue weighted by Crippen LogP contribution is -2.77. The molecule has 0 bridgehead atoms. The maximum atomic E-state index is 15.0. The summed E-state index contributed by atoms with van der Waals surface area (Å²) in [6, 6.07) is 2.42. The van der Waals surface area contributed by atoms with E-state index in [-0.39, 0.29) is 30.2 Å². The quantitative estimate of drug-likeness (QED) is 0.255. The normalized spacial score (nSPS) is 52.2. The molecule has 1 aromatic heterocycles. The van der Waals surface area contributed by atoms with Crippen molar-refractivity contribution < 1.29 is 48.0 Å². The molecule has 5 saturated heterocycles. The number of hydrogen-bond acceptors (Lipinski definition) is 12. The summed E-state index contributed by atoms with van der Waals surface area (Å²) in [6.45, 7) is 9.85. The van der Waals surface area contributed by atoms with E-state index < -0.39 is 75.3 Å². The Labute approximate surface area is 328 Å². The van der Waals surface area contributed by atoms with Crippen molar-refractivity contribution in [2.75, 3.05) is 19.8 Å². The van der Waals surface area contributed by atoms with Gasteiger partial charge in [0.05, 0.1) is 35.4 Å². The molecule has 0 amide bonds. The van der Waals surface area contributed by atoms with E-state index in [0.717, 1.165) is 63.1 Å². The number of ether oxygens (including phenoxy) is 4. The minimum absolute atomic E-state index is 0.0295. The number of epoxide rings is 1. The third-order valence-electron chi connectivity index (χ3n) is 18.6. The van der Waals surface area contributed by atoms with Gasteiger partial charge < -0.3 is 44.2 Å². The Hall–Kier alpha value is -2.35. The Bertz CT molecular complexity index is 1830. The van der Waals surface area contributed by atoms with Gasteiger partial charge in [-0.2, -0.15) is 0 Å². The highest BCUT2D eigenvalue weighted by molar-refractivity contribution is 5.92. The Kier molecular flexibility index (Phi) is 7.80. The summed E-state index contributed by atoms with van der Waals surface area (Å²) in [5.74, 6) is 0.275. The molecule has 1 aromatic rings. The summed E-state index contributed by atoms with van der Waals surface area (Å²) in [5.41, 5.74) is -5.12. The van der Waals surface area contributed by atoms with Crippen LogP contribution < -0.4 is 10.6 Å². The molecule has 0 radical (unpaired) electrons. The SMILES string of the molecule is CC1(C)O[C@H]2C3(CCCC3)C(=O)OC[C@@]23[C@@H]1C(=O)[C@@H](O)[C@]1(C)[C@@H]3CC[C@@]2(C)[C@H](c3ccoc3C[C@@H]3[C@H]4CC[C@H]([C@@H]5CNCN5)C[C@H]4CC[C@H]3O)OC(=O)[C@H]3O[C@@]312. The molecular formula is C44H60N2O10. The summed E-state index contributed by atoms with van der Waals surface area (Å²) in [7, 11) is 0. The summed E-state index contributed by atoms with van der Waals surface area (Å²) >= 11 is 0. The Balaban J connectivity index is 0.949. The van der Waals surface area contributed by atoms with Gasteiger partial charge in [-0.05, 0) is 107 Å². The van der Waals surface area contributed by atoms with Crippen molar-refractivity contribution in [1.82, 2.24) is 10.6 Å². The molecule has 0 aromatic carbocycles. The highest BCUT2D eigenvalue weighted by atomic mass is 16.7. The lowest BCUT2D eigenvalue weighted by molar-refractivity contribution is -0.264. The van der Waals surface area contributed by atoms with Crippen LogP contribution in [0.25, 0.3) is 0 Å². The zero-order chi connectivity index (χ0) is 38.8. The highest BCUT2D eigenvalue weighted by Gasteiger charge is 2.91. The van der Waals surface area contributed by atoms with Crippen LogP contribution in [0.3, 0.4) is 0 Å². The van der Waals surface area contributed by atoms with Gasteiger partial charge in [0.15, 0.2) is 11.9 Å². The van der Waals surface area contributed by atoms with Crippen LogP contribution in [0.1, 0.15) is 116 Å². The molecule has 6 heterocycles. The monoisotopic (exact) mass is 776 g/mol. The average molecular weight is 777 g/mol. The van der Waals surface area contributed by atoms with Crippen molar-refractivity contribution in [3.8, 4) is 0 Å². The minimum Gasteiger partial charge on any atom is -0.469 e. The maximum absolute atomic E-state index is 15.0. The number of carbonyl (C=O) groups excluding carboxylic acids is 3. The zero-order valence-corrected chi connectivity index (χ0v) is 33.3. The van der Waals surface area contributed by atoms with Gasteiger partial charge in [-0.15, -0.1) is 0 Å². The van der Waals surface area contributed by atoms with Crippen molar-refractivity contribution in [1.29, 1.82) is 0 Å². The van der Waals surface area contributed by atoms with Crippen LogP contribution in [0.5, 0.6) is 0 Å². The second kappa shape index (κ2) is 11.9. The lowest BCUT2D eigenvalue weighted by atomic mass is 9.35. The summed E-state index contributed by atoms with van der Waals surface area (Å²) in [6.07, 6.45) is 7.58. The van der Waals surface area contributed by atoms with E-state index in [1.807, 2.05) is 26.8 Å². The van der Waals surface area contributed by atoms with Gasteiger partial charge >= 0.3 is 11.9 Å². The molecule has 5 aliphatic heterocycles. The first kappa shape index (κ1) is 36.7. The first-order chi connectivity index (χ1) is 26.7. The van der Waals surface area contributed by atoms with E-state index in [2.05, 4.69) is 17.6 Å². The van der Waals surface area contributed by atoms with E-state index >= 15 is 0 Å². The summed E-state index contributed by atoms with van der Waals surface area (Å²) < 4.78 is 32.7. The molecule has 10 fully saturated rings. The Morgan fingerprint density at radius 2 is 1.70 bits per heavy atom. The third-order valence-corrected chi connectivity index (χ3v) is 18.6. The van der Waals surface area contributed by atoms with Crippen LogP contribution >= 0.6 is 0 Å². The molecule has 11 rings (SSSR count). The zero-order valence-electron chi connectivity index (χ0n) is 33.3. The van der Waals surface area contributed by atoms with Gasteiger partial charge in [-0.25, -0.2) is 4.79 Å². The average Bonchev–Trinajstić information content (AvgIpc) is 3.65. The van der Waals surface area contributed by atoms with Gasteiger partial charge in [-0.1, -0.05) is 26.7 Å². The van der Waals surface area contributed by atoms with Gasteiger partial charge in [0, 0.05) is 47.5 Å². The molecule has 12 nitrogen and oxygen atoms in total. The van der Waals surface area contributed by atoms with E-state index in [1.54, 1.807) is 6.26 Å². The molecule has 0 unspecified atom stereocenters. The fourth-order valence-electron chi connectivity index (χ4n) is 16.4. The van der Waals surface area contributed by atoms with Gasteiger partial charge in [0.25, 0.3) is 0 Å². The fraction of sp³-hybridized carbons (Fsp3) is 0.841. The molecular weight excluding hydrogens is 716 g/mol. The number of aliphatic hydroxyl groups is 2. The largest absolute Gasteiger partial charge is 0.469 e. The number of aliphatic hydroxyl groups excluding tert-OH is 2. The van der Waals surface area contributed by atoms with Crippen LogP contribution in [-0.4, -0.2) is 89.4 Å². The number of Topliss-reactive ketones (excluding diaryl/α,β-unsaturated/α-hetero) is 1. The number of fused-ring (bicyclic) bond motifs is 3. The van der Waals surface area contributed by atoms with Crippen LogP contribution in [0, 0.1) is 57.2 Å². The van der Waals surface area contributed by atoms with Crippen LogP contribution in [0.15, 0.2) is 16.7 Å². The molecule has 4 N–H and O–H groups in total. The first-order valence-electron chi connectivity index (χ1n) is 21.9. The topological polar surface area (TPSA) is 169 Å². The van der Waals surface area contributed by atoms with E-state index in [4.69, 9.17) is 23.4 Å². The predicted octanol–water partition coefficient (Wildman–Crippen LogP) is 4.14. The number of rotatable bonds is 4. The molecule has 3 spiro atoms. The molecule has 5 saturated carbocycles. The highest BCUT2D eigenvalue weighted by Crippen LogP contribution is 2.81. The smallest absolute Gasteiger partial charge is 0.339 e. The van der Waals surface area contributed by atoms with E-state index in [0.29, 0.717) is 55.9 Å². The van der Waals surface area contributed by atoms with Crippen molar-refractivity contribution >= 4 is 17.7 Å². The van der Waals surface area contributed by atoms with Crippen LogP contribution in [0.4, 0.5) is 0 Å². The molecule has 12 heteroatoms. The lowest BCUT2D eigenvalue weighted by Gasteiger charge is -2.67. The predicted molar refractivity (Wildman–Crippen MR) is 198 cm³/mol. The Morgan fingerprint density at radius 3 is 2.46 bits per heavy atom. The number of nitrogens with one attached hydrogen (secondary N) is 2. The van der Waals surface area contributed by atoms with Crippen molar-refractivity contribution in [2.24, 2.45) is 57.2 Å². The maximum Gasteiger partial charge on any atom is 0.339 e. The van der Waals surface area contributed by atoms with E-state index in [1.165, 1.54) is 6.42 Å². The molecule has 5 aliphatic carbocycles. The summed E-state index contributed by atoms with van der Waals surface area (Å²) in [4.78, 5) is 43.0. The van der Waals surface area contributed by atoms with Crippen LogP contribution in [-0.2, 0) is 39.8 Å². The number of esters is 2. The second-order valence-electron chi connectivity index (χ2n) is 21.0. The fourth-order valence-corrected chi connectivity index (χ4v) is 16.4. The van der Waals surface area contributed by atoms with Gasteiger partial charge in [-0.3, -0.25) is 9.59 Å².